The SMILES string of the molecule is C1=C(c2ccncc2)CC2CCCC1N2Cc1ccccc1. The Morgan fingerprint density at radius 2 is 1.82 bits per heavy atom. The maximum atomic E-state index is 4.15. The Morgan fingerprint density at radius 1 is 1.00 bits per heavy atom. The van der Waals surface area contributed by atoms with Crippen LogP contribution in [0.25, 0.3) is 5.57 Å². The molecular formula is C20H22N2. The third-order valence-corrected chi connectivity index (χ3v) is 5.04. The fourth-order valence-corrected chi connectivity index (χ4v) is 3.94. The molecule has 2 aliphatic rings. The fourth-order valence-electron chi connectivity index (χ4n) is 3.94. The second-order valence-electron chi connectivity index (χ2n) is 6.44. The van der Waals surface area contributed by atoms with Gasteiger partial charge in [-0.3, -0.25) is 9.88 Å². The summed E-state index contributed by atoms with van der Waals surface area (Å²) >= 11 is 0. The van der Waals surface area contributed by atoms with Gasteiger partial charge in [-0.05, 0) is 48.1 Å². The van der Waals surface area contributed by atoms with E-state index in [4.69, 9.17) is 0 Å². The Hall–Kier alpha value is -1.93. The van der Waals surface area contributed by atoms with Gasteiger partial charge in [0.25, 0.3) is 0 Å². The summed E-state index contributed by atoms with van der Waals surface area (Å²) < 4.78 is 0. The van der Waals surface area contributed by atoms with E-state index in [-0.39, 0.29) is 0 Å². The van der Waals surface area contributed by atoms with Gasteiger partial charge >= 0.3 is 0 Å². The first-order valence-corrected chi connectivity index (χ1v) is 8.31. The molecule has 0 radical (unpaired) electrons. The molecule has 1 saturated heterocycles. The molecule has 112 valence electrons. The van der Waals surface area contributed by atoms with Gasteiger partial charge in [0.15, 0.2) is 0 Å². The van der Waals surface area contributed by atoms with E-state index in [1.165, 1.54) is 42.4 Å². The van der Waals surface area contributed by atoms with E-state index in [0.717, 1.165) is 6.54 Å². The molecule has 1 fully saturated rings. The molecule has 0 spiro atoms. The molecule has 2 atom stereocenters. The number of rotatable bonds is 3. The first-order valence-electron chi connectivity index (χ1n) is 8.31. The topological polar surface area (TPSA) is 16.1 Å². The summed E-state index contributed by atoms with van der Waals surface area (Å²) in [6, 6.07) is 16.5. The molecule has 0 amide bonds. The summed E-state index contributed by atoms with van der Waals surface area (Å²) in [5.74, 6) is 0. The maximum Gasteiger partial charge on any atom is 0.0290 e. The molecule has 2 heteroatoms. The summed E-state index contributed by atoms with van der Waals surface area (Å²) in [5, 5.41) is 0. The number of pyridine rings is 1. The van der Waals surface area contributed by atoms with Crippen LogP contribution in [0.3, 0.4) is 0 Å². The van der Waals surface area contributed by atoms with Crippen molar-refractivity contribution in [2.45, 2.75) is 44.3 Å². The summed E-state index contributed by atoms with van der Waals surface area (Å²) in [6.45, 7) is 1.08. The first kappa shape index (κ1) is 13.7. The highest BCUT2D eigenvalue weighted by Gasteiger charge is 2.33. The van der Waals surface area contributed by atoms with Crippen molar-refractivity contribution in [2.24, 2.45) is 0 Å². The lowest BCUT2D eigenvalue weighted by Crippen LogP contribution is -2.47. The molecule has 4 rings (SSSR count). The molecule has 1 aromatic heterocycles. The van der Waals surface area contributed by atoms with Gasteiger partial charge in [0, 0.05) is 31.0 Å². The van der Waals surface area contributed by atoms with E-state index in [0.29, 0.717) is 12.1 Å². The Labute approximate surface area is 132 Å². The number of aromatic nitrogens is 1. The van der Waals surface area contributed by atoms with Crippen molar-refractivity contribution in [3.05, 3.63) is 72.1 Å². The predicted molar refractivity (Wildman–Crippen MR) is 90.2 cm³/mol. The third-order valence-electron chi connectivity index (χ3n) is 5.04. The molecule has 2 bridgehead atoms. The van der Waals surface area contributed by atoms with Crippen LogP contribution in [0.15, 0.2) is 60.9 Å². The molecule has 1 aromatic carbocycles. The highest BCUT2D eigenvalue weighted by molar-refractivity contribution is 5.67. The molecule has 22 heavy (non-hydrogen) atoms. The van der Waals surface area contributed by atoms with E-state index in [2.05, 4.69) is 58.4 Å². The van der Waals surface area contributed by atoms with Gasteiger partial charge < -0.3 is 0 Å². The summed E-state index contributed by atoms with van der Waals surface area (Å²) in [5.41, 5.74) is 4.30. The van der Waals surface area contributed by atoms with Crippen LogP contribution in [-0.4, -0.2) is 22.0 Å². The number of piperidine rings is 1. The lowest BCUT2D eigenvalue weighted by atomic mass is 9.82. The minimum absolute atomic E-state index is 0.593. The second kappa shape index (κ2) is 6.05. The molecule has 2 aromatic rings. The Balaban J connectivity index is 1.60. The van der Waals surface area contributed by atoms with E-state index < -0.39 is 0 Å². The molecule has 0 aliphatic carbocycles. The van der Waals surface area contributed by atoms with Gasteiger partial charge in [-0.25, -0.2) is 0 Å². The standard InChI is InChI=1S/C20H22N2/c1-2-5-16(6-3-1)15-22-19-7-4-8-20(22)14-18(13-19)17-9-11-21-12-10-17/h1-3,5-6,9-13,19-20H,4,7-8,14-15H2. The minimum Gasteiger partial charge on any atom is -0.289 e. The van der Waals surface area contributed by atoms with Crippen molar-refractivity contribution in [1.82, 2.24) is 9.88 Å². The molecule has 3 heterocycles. The van der Waals surface area contributed by atoms with Gasteiger partial charge in [-0.2, -0.15) is 0 Å². The number of nitrogens with zero attached hydrogens (tertiary/aromatic N) is 2. The van der Waals surface area contributed by atoms with Crippen LogP contribution in [-0.2, 0) is 6.54 Å². The van der Waals surface area contributed by atoms with Crippen LogP contribution in [0.4, 0.5) is 0 Å². The largest absolute Gasteiger partial charge is 0.289 e. The number of hydrogen-bond acceptors (Lipinski definition) is 2. The van der Waals surface area contributed by atoms with Crippen molar-refractivity contribution in [1.29, 1.82) is 0 Å². The zero-order valence-corrected chi connectivity index (χ0v) is 12.9. The van der Waals surface area contributed by atoms with Crippen molar-refractivity contribution in [3.8, 4) is 0 Å². The molecule has 2 nitrogen and oxygen atoms in total. The maximum absolute atomic E-state index is 4.15. The summed E-state index contributed by atoms with van der Waals surface area (Å²) in [7, 11) is 0. The summed E-state index contributed by atoms with van der Waals surface area (Å²) in [4.78, 5) is 6.86. The van der Waals surface area contributed by atoms with Crippen LogP contribution in [0.5, 0.6) is 0 Å². The number of hydrogen-bond donors (Lipinski definition) is 0. The van der Waals surface area contributed by atoms with Crippen molar-refractivity contribution < 1.29 is 0 Å². The molecule has 0 saturated carbocycles. The van der Waals surface area contributed by atoms with Crippen LogP contribution in [0, 0.1) is 0 Å². The smallest absolute Gasteiger partial charge is 0.0290 e. The lowest BCUT2D eigenvalue weighted by molar-refractivity contribution is 0.0951. The van der Waals surface area contributed by atoms with E-state index in [9.17, 15) is 0 Å². The van der Waals surface area contributed by atoms with Crippen LogP contribution in [0.2, 0.25) is 0 Å². The van der Waals surface area contributed by atoms with E-state index in [1.54, 1.807) is 0 Å². The second-order valence-corrected chi connectivity index (χ2v) is 6.44. The number of benzene rings is 1. The van der Waals surface area contributed by atoms with Crippen molar-refractivity contribution >= 4 is 5.57 Å². The third kappa shape index (κ3) is 2.71. The lowest BCUT2D eigenvalue weighted by Gasteiger charge is -2.45. The van der Waals surface area contributed by atoms with Gasteiger partial charge in [-0.1, -0.05) is 42.8 Å². The van der Waals surface area contributed by atoms with Gasteiger partial charge in [0.05, 0.1) is 0 Å². The monoisotopic (exact) mass is 290 g/mol. The summed E-state index contributed by atoms with van der Waals surface area (Å²) in [6.07, 6.45) is 11.5. The first-order chi connectivity index (χ1) is 10.9. The fraction of sp³-hybridized carbons (Fsp3) is 0.350. The van der Waals surface area contributed by atoms with E-state index in [1.807, 2.05) is 12.4 Å². The minimum atomic E-state index is 0.593. The van der Waals surface area contributed by atoms with Crippen LogP contribution in [0.1, 0.15) is 36.8 Å². The molecule has 2 unspecified atom stereocenters. The number of fused-ring (bicyclic) bond motifs is 2. The molecule has 2 aliphatic heterocycles. The van der Waals surface area contributed by atoms with Crippen molar-refractivity contribution in [3.63, 3.8) is 0 Å². The Bertz CT molecular complexity index is 648. The highest BCUT2D eigenvalue weighted by Crippen LogP contribution is 2.37. The van der Waals surface area contributed by atoms with E-state index >= 15 is 0 Å². The Kier molecular flexibility index (Phi) is 3.77. The Morgan fingerprint density at radius 3 is 2.59 bits per heavy atom. The average molecular weight is 290 g/mol. The van der Waals surface area contributed by atoms with Gasteiger partial charge in [0.2, 0.25) is 0 Å². The zero-order chi connectivity index (χ0) is 14.8. The van der Waals surface area contributed by atoms with Crippen LogP contribution < -0.4 is 0 Å². The van der Waals surface area contributed by atoms with Crippen molar-refractivity contribution in [2.75, 3.05) is 0 Å². The highest BCUT2D eigenvalue weighted by atomic mass is 15.2. The molecular weight excluding hydrogens is 268 g/mol. The van der Waals surface area contributed by atoms with Gasteiger partial charge in [-0.15, -0.1) is 0 Å². The molecule has 0 N–H and O–H groups in total. The van der Waals surface area contributed by atoms with Crippen LogP contribution >= 0.6 is 0 Å². The normalized spacial score (nSPS) is 24.8. The quantitative estimate of drug-likeness (QED) is 0.838. The predicted octanol–water partition coefficient (Wildman–Crippen LogP) is 4.29. The average Bonchev–Trinajstić information content (AvgIpc) is 2.56. The van der Waals surface area contributed by atoms with Gasteiger partial charge in [0.1, 0.15) is 0 Å². The zero-order valence-electron chi connectivity index (χ0n) is 12.9.